The minimum atomic E-state index is -2.86. The SMILES string of the molecule is CC1CC1C(=O)Nc1ccc(C(=O)NCc2ccc(OC(F)F)cc2)cc1. The second kappa shape index (κ2) is 8.16. The topological polar surface area (TPSA) is 67.4 Å². The van der Waals surface area contributed by atoms with Crippen LogP contribution in [0.25, 0.3) is 0 Å². The van der Waals surface area contributed by atoms with Gasteiger partial charge in [-0.05, 0) is 54.3 Å². The average Bonchev–Trinajstić information content (AvgIpc) is 3.38. The fourth-order valence-electron chi connectivity index (χ4n) is 2.70. The molecule has 2 aromatic rings. The van der Waals surface area contributed by atoms with Crippen molar-refractivity contribution in [1.82, 2.24) is 5.32 Å². The van der Waals surface area contributed by atoms with Gasteiger partial charge in [0.25, 0.3) is 5.91 Å². The lowest BCUT2D eigenvalue weighted by molar-refractivity contribution is -0.117. The first kappa shape index (κ1) is 18.8. The van der Waals surface area contributed by atoms with E-state index in [-0.39, 0.29) is 30.0 Å². The first-order valence-electron chi connectivity index (χ1n) is 8.65. The van der Waals surface area contributed by atoms with Gasteiger partial charge < -0.3 is 15.4 Å². The number of carbonyl (C=O) groups excluding carboxylic acids is 2. The number of halogens is 2. The summed E-state index contributed by atoms with van der Waals surface area (Å²) < 4.78 is 28.5. The number of carbonyl (C=O) groups is 2. The van der Waals surface area contributed by atoms with Crippen LogP contribution in [0.5, 0.6) is 5.75 Å². The molecule has 0 saturated heterocycles. The molecule has 2 unspecified atom stereocenters. The van der Waals surface area contributed by atoms with E-state index in [1.54, 1.807) is 36.4 Å². The molecular formula is C20H20F2N2O3. The van der Waals surface area contributed by atoms with Gasteiger partial charge in [0, 0.05) is 23.7 Å². The van der Waals surface area contributed by atoms with E-state index in [0.29, 0.717) is 17.2 Å². The average molecular weight is 374 g/mol. The molecule has 1 aliphatic rings. The van der Waals surface area contributed by atoms with Gasteiger partial charge in [-0.15, -0.1) is 0 Å². The van der Waals surface area contributed by atoms with E-state index in [1.807, 2.05) is 6.92 Å². The molecule has 5 nitrogen and oxygen atoms in total. The van der Waals surface area contributed by atoms with E-state index >= 15 is 0 Å². The van der Waals surface area contributed by atoms with Crippen molar-refractivity contribution in [2.75, 3.05) is 5.32 Å². The van der Waals surface area contributed by atoms with Crippen molar-refractivity contribution in [1.29, 1.82) is 0 Å². The Kier molecular flexibility index (Phi) is 5.69. The quantitative estimate of drug-likeness (QED) is 0.774. The van der Waals surface area contributed by atoms with Gasteiger partial charge in [-0.3, -0.25) is 9.59 Å². The van der Waals surface area contributed by atoms with E-state index in [4.69, 9.17) is 0 Å². The second-order valence-corrected chi connectivity index (χ2v) is 6.59. The summed E-state index contributed by atoms with van der Waals surface area (Å²) in [5.41, 5.74) is 1.88. The Morgan fingerprint density at radius 2 is 1.74 bits per heavy atom. The van der Waals surface area contributed by atoms with Crippen molar-refractivity contribution in [3.8, 4) is 5.75 Å². The summed E-state index contributed by atoms with van der Waals surface area (Å²) in [6.07, 6.45) is 0.918. The van der Waals surface area contributed by atoms with E-state index in [1.165, 1.54) is 12.1 Å². The maximum Gasteiger partial charge on any atom is 0.387 e. The van der Waals surface area contributed by atoms with E-state index in [2.05, 4.69) is 15.4 Å². The number of benzene rings is 2. The van der Waals surface area contributed by atoms with Gasteiger partial charge >= 0.3 is 6.61 Å². The molecule has 27 heavy (non-hydrogen) atoms. The summed E-state index contributed by atoms with van der Waals surface area (Å²) >= 11 is 0. The van der Waals surface area contributed by atoms with Crippen molar-refractivity contribution in [3.63, 3.8) is 0 Å². The number of hydrogen-bond donors (Lipinski definition) is 2. The van der Waals surface area contributed by atoms with Crippen molar-refractivity contribution >= 4 is 17.5 Å². The van der Waals surface area contributed by atoms with Crippen LogP contribution in [-0.4, -0.2) is 18.4 Å². The predicted octanol–water partition coefficient (Wildman–Crippen LogP) is 3.81. The predicted molar refractivity (Wildman–Crippen MR) is 96.6 cm³/mol. The molecule has 1 aliphatic carbocycles. The Balaban J connectivity index is 1.49. The Morgan fingerprint density at radius 1 is 1.11 bits per heavy atom. The molecule has 142 valence electrons. The standard InChI is InChI=1S/C20H20F2N2O3/c1-12-10-17(12)19(26)24-15-6-4-14(5-7-15)18(25)23-11-13-2-8-16(9-3-13)27-20(21)22/h2-9,12,17,20H,10-11H2,1H3,(H,23,25)(H,24,26). The Labute approximate surface area is 155 Å². The number of nitrogens with one attached hydrogen (secondary N) is 2. The van der Waals surface area contributed by atoms with Crippen LogP contribution in [0.3, 0.4) is 0 Å². The molecule has 2 N–H and O–H groups in total. The fourth-order valence-corrected chi connectivity index (χ4v) is 2.70. The summed E-state index contributed by atoms with van der Waals surface area (Å²) in [5, 5.41) is 5.60. The molecule has 2 amide bonds. The van der Waals surface area contributed by atoms with Gasteiger partial charge in [0.15, 0.2) is 0 Å². The third-order valence-electron chi connectivity index (χ3n) is 4.46. The van der Waals surface area contributed by atoms with E-state index in [9.17, 15) is 18.4 Å². The molecule has 1 fully saturated rings. The van der Waals surface area contributed by atoms with Crippen LogP contribution in [0.2, 0.25) is 0 Å². The summed E-state index contributed by atoms with van der Waals surface area (Å²) in [6, 6.07) is 12.7. The van der Waals surface area contributed by atoms with Gasteiger partial charge in [0.1, 0.15) is 5.75 Å². The van der Waals surface area contributed by atoms with E-state index < -0.39 is 6.61 Å². The van der Waals surface area contributed by atoms with Crippen LogP contribution >= 0.6 is 0 Å². The zero-order valence-corrected chi connectivity index (χ0v) is 14.7. The van der Waals surface area contributed by atoms with Crippen molar-refractivity contribution in [3.05, 3.63) is 59.7 Å². The van der Waals surface area contributed by atoms with Crippen LogP contribution < -0.4 is 15.4 Å². The first-order valence-corrected chi connectivity index (χ1v) is 8.65. The smallest absolute Gasteiger partial charge is 0.387 e. The van der Waals surface area contributed by atoms with Crippen LogP contribution in [0.1, 0.15) is 29.3 Å². The molecule has 0 bridgehead atoms. The molecule has 0 aromatic heterocycles. The molecular weight excluding hydrogens is 354 g/mol. The number of anilines is 1. The van der Waals surface area contributed by atoms with Crippen LogP contribution in [0, 0.1) is 11.8 Å². The monoisotopic (exact) mass is 374 g/mol. The summed E-state index contributed by atoms with van der Waals surface area (Å²) in [7, 11) is 0. The van der Waals surface area contributed by atoms with Gasteiger partial charge in [-0.25, -0.2) is 0 Å². The molecule has 2 atom stereocenters. The second-order valence-electron chi connectivity index (χ2n) is 6.59. The minimum Gasteiger partial charge on any atom is -0.435 e. The van der Waals surface area contributed by atoms with Gasteiger partial charge in [0.05, 0.1) is 0 Å². The molecule has 2 aromatic carbocycles. The van der Waals surface area contributed by atoms with Crippen LogP contribution in [0.15, 0.2) is 48.5 Å². The molecule has 0 aliphatic heterocycles. The highest BCUT2D eigenvalue weighted by Crippen LogP contribution is 2.38. The van der Waals surface area contributed by atoms with E-state index in [0.717, 1.165) is 12.0 Å². The Morgan fingerprint density at radius 3 is 2.30 bits per heavy atom. The van der Waals surface area contributed by atoms with Crippen molar-refractivity contribution in [2.45, 2.75) is 26.5 Å². The van der Waals surface area contributed by atoms with Gasteiger partial charge in [-0.1, -0.05) is 19.1 Å². The first-order chi connectivity index (χ1) is 12.9. The number of rotatable bonds is 7. The lowest BCUT2D eigenvalue weighted by atomic mass is 10.1. The molecule has 3 rings (SSSR count). The molecule has 0 spiro atoms. The molecule has 7 heteroatoms. The highest BCUT2D eigenvalue weighted by atomic mass is 19.3. The van der Waals surface area contributed by atoms with Gasteiger partial charge in [0.2, 0.25) is 5.91 Å². The van der Waals surface area contributed by atoms with Crippen LogP contribution in [-0.2, 0) is 11.3 Å². The maximum atomic E-state index is 12.2. The highest BCUT2D eigenvalue weighted by Gasteiger charge is 2.39. The maximum absolute atomic E-state index is 12.2. The van der Waals surface area contributed by atoms with Gasteiger partial charge in [-0.2, -0.15) is 8.78 Å². The summed E-state index contributed by atoms with van der Waals surface area (Å²) in [6.45, 7) is -0.570. The summed E-state index contributed by atoms with van der Waals surface area (Å²) in [5.74, 6) is 0.338. The normalized spacial score (nSPS) is 18.1. The Hall–Kier alpha value is -2.96. The zero-order valence-electron chi connectivity index (χ0n) is 14.7. The lowest BCUT2D eigenvalue weighted by Crippen LogP contribution is -2.22. The third kappa shape index (κ3) is 5.26. The highest BCUT2D eigenvalue weighted by molar-refractivity contribution is 5.96. The number of amides is 2. The Bertz CT molecular complexity index is 807. The molecule has 1 saturated carbocycles. The number of ether oxygens (including phenoxy) is 1. The van der Waals surface area contributed by atoms with Crippen LogP contribution in [0.4, 0.5) is 14.5 Å². The number of hydrogen-bond acceptors (Lipinski definition) is 3. The number of alkyl halides is 2. The largest absolute Gasteiger partial charge is 0.435 e. The van der Waals surface area contributed by atoms with Crippen molar-refractivity contribution in [2.24, 2.45) is 11.8 Å². The minimum absolute atomic E-state index is 0.0129. The summed E-state index contributed by atoms with van der Waals surface area (Å²) in [4.78, 5) is 24.1. The fraction of sp³-hybridized carbons (Fsp3) is 0.300. The zero-order chi connectivity index (χ0) is 19.4. The lowest BCUT2D eigenvalue weighted by Gasteiger charge is -2.09. The molecule has 0 heterocycles. The molecule has 0 radical (unpaired) electrons. The van der Waals surface area contributed by atoms with Crippen molar-refractivity contribution < 1.29 is 23.1 Å². The third-order valence-corrected chi connectivity index (χ3v) is 4.46.